The molecule has 0 saturated carbocycles. The summed E-state index contributed by atoms with van der Waals surface area (Å²) in [5.74, 6) is -0.334. The van der Waals surface area contributed by atoms with Crippen LogP contribution in [-0.2, 0) is 14.3 Å². The van der Waals surface area contributed by atoms with Crippen molar-refractivity contribution in [2.75, 3.05) is 18.5 Å². The Labute approximate surface area is 224 Å². The lowest BCUT2D eigenvalue weighted by Crippen LogP contribution is -2.59. The third kappa shape index (κ3) is 5.48. The van der Waals surface area contributed by atoms with Crippen molar-refractivity contribution in [1.82, 2.24) is 9.88 Å². The van der Waals surface area contributed by atoms with Crippen molar-refractivity contribution in [2.24, 2.45) is 0 Å². The van der Waals surface area contributed by atoms with Gasteiger partial charge < -0.3 is 14.8 Å². The quantitative estimate of drug-likeness (QED) is 0.310. The molecule has 1 aromatic heterocycles. The van der Waals surface area contributed by atoms with Crippen LogP contribution in [0.15, 0.2) is 58.4 Å². The Morgan fingerprint density at radius 1 is 1.11 bits per heavy atom. The highest BCUT2D eigenvalue weighted by molar-refractivity contribution is 9.10. The number of halogens is 1. The predicted octanol–water partition coefficient (Wildman–Crippen LogP) is 6.94. The van der Waals surface area contributed by atoms with Crippen LogP contribution >= 0.6 is 27.3 Å². The first-order valence-corrected chi connectivity index (χ1v) is 13.6. The van der Waals surface area contributed by atoms with Crippen molar-refractivity contribution >= 4 is 45.0 Å². The predicted molar refractivity (Wildman–Crippen MR) is 146 cm³/mol. The molecule has 1 atom stereocenters. The lowest BCUT2D eigenvalue weighted by atomic mass is 9.99. The van der Waals surface area contributed by atoms with Crippen LogP contribution in [0.1, 0.15) is 40.5 Å². The van der Waals surface area contributed by atoms with Crippen molar-refractivity contribution in [1.29, 1.82) is 0 Å². The number of nitrogens with one attached hydrogen (secondary N) is 1. The second kappa shape index (κ2) is 10.7. The van der Waals surface area contributed by atoms with Crippen LogP contribution in [0.25, 0.3) is 21.8 Å². The zero-order valence-electron chi connectivity index (χ0n) is 20.8. The molecule has 1 N–H and O–H groups in total. The number of aromatic nitrogens is 1. The minimum atomic E-state index is -1.21. The molecule has 1 unspecified atom stereocenters. The fraction of sp³-hybridized carbons (Fsp3) is 0.370. The number of hydrogen-bond acceptors (Lipinski definition) is 6. The van der Waals surface area contributed by atoms with E-state index in [0.717, 1.165) is 39.1 Å². The molecule has 7 nitrogen and oxygen atoms in total. The Morgan fingerprint density at radius 3 is 2.44 bits per heavy atom. The molecule has 2 amide bonds. The van der Waals surface area contributed by atoms with Crippen molar-refractivity contribution in [3.63, 3.8) is 0 Å². The van der Waals surface area contributed by atoms with E-state index in [-0.39, 0.29) is 12.5 Å². The summed E-state index contributed by atoms with van der Waals surface area (Å²) in [6.45, 7) is 7.63. The number of unbranched alkanes of at least 4 members (excludes halogenated alkanes) is 1. The van der Waals surface area contributed by atoms with Gasteiger partial charge in [-0.05, 0) is 51.5 Å². The van der Waals surface area contributed by atoms with Gasteiger partial charge in [0.2, 0.25) is 0 Å². The van der Waals surface area contributed by atoms with Crippen molar-refractivity contribution < 1.29 is 19.1 Å². The lowest BCUT2D eigenvalue weighted by Gasteiger charge is -2.37. The summed E-state index contributed by atoms with van der Waals surface area (Å²) in [5, 5.41) is 5.90. The van der Waals surface area contributed by atoms with Gasteiger partial charge in [-0.15, -0.1) is 11.3 Å². The van der Waals surface area contributed by atoms with Crippen LogP contribution in [0.2, 0.25) is 0 Å². The molecule has 190 valence electrons. The van der Waals surface area contributed by atoms with E-state index in [1.165, 1.54) is 4.90 Å². The number of carbonyl (C=O) groups excluding carboxylic acids is 2. The molecule has 2 heterocycles. The van der Waals surface area contributed by atoms with Crippen LogP contribution in [0, 0.1) is 0 Å². The molecule has 36 heavy (non-hydrogen) atoms. The average Bonchev–Trinajstić information content (AvgIpc) is 3.43. The zero-order valence-corrected chi connectivity index (χ0v) is 23.2. The fourth-order valence-corrected chi connectivity index (χ4v) is 5.22. The van der Waals surface area contributed by atoms with E-state index in [0.29, 0.717) is 12.3 Å². The SMILES string of the molecule is CCCCOC(=O)N1C(C)(C)OCC1(C)C(=O)Nc1ccc(-c2csc(-c3ccc(Br)cc3)n2)cc1. The van der Waals surface area contributed by atoms with Crippen molar-refractivity contribution in [2.45, 2.75) is 51.8 Å². The number of anilines is 1. The van der Waals surface area contributed by atoms with E-state index in [2.05, 4.69) is 21.2 Å². The summed E-state index contributed by atoms with van der Waals surface area (Å²) in [4.78, 5) is 32.4. The third-order valence-corrected chi connectivity index (χ3v) is 7.59. The van der Waals surface area contributed by atoms with Gasteiger partial charge in [-0.2, -0.15) is 0 Å². The maximum Gasteiger partial charge on any atom is 0.413 e. The second-order valence-corrected chi connectivity index (χ2v) is 11.2. The van der Waals surface area contributed by atoms with E-state index in [9.17, 15) is 9.59 Å². The maximum absolute atomic E-state index is 13.4. The summed E-state index contributed by atoms with van der Waals surface area (Å²) in [5.41, 5.74) is 1.33. The molecule has 1 aliphatic heterocycles. The van der Waals surface area contributed by atoms with Crippen molar-refractivity contribution in [3.05, 3.63) is 58.4 Å². The maximum atomic E-state index is 13.4. The van der Waals surface area contributed by atoms with Gasteiger partial charge in [-0.25, -0.2) is 9.78 Å². The smallest absolute Gasteiger partial charge is 0.413 e. The monoisotopic (exact) mass is 571 g/mol. The number of benzene rings is 2. The molecular formula is C27H30BrN3O4S. The molecule has 0 spiro atoms. The summed E-state index contributed by atoms with van der Waals surface area (Å²) >= 11 is 5.04. The van der Waals surface area contributed by atoms with Gasteiger partial charge in [0.15, 0.2) is 0 Å². The standard InChI is InChI=1S/C27H30BrN3O4S/c1-5-6-15-34-25(33)31-26(2,3)35-17-27(31,4)24(32)29-21-13-9-18(10-14-21)22-16-36-23(30-22)19-7-11-20(28)12-8-19/h7-14,16H,5-6,15,17H2,1-4H3,(H,29,32). The number of nitrogens with zero attached hydrogens (tertiary/aromatic N) is 2. The Kier molecular flexibility index (Phi) is 7.82. The van der Waals surface area contributed by atoms with Gasteiger partial charge in [0.1, 0.15) is 16.3 Å². The summed E-state index contributed by atoms with van der Waals surface area (Å²) in [6.07, 6.45) is 1.12. The summed E-state index contributed by atoms with van der Waals surface area (Å²) in [6, 6.07) is 15.6. The topological polar surface area (TPSA) is 80.8 Å². The van der Waals surface area contributed by atoms with Gasteiger partial charge in [-0.3, -0.25) is 9.69 Å². The molecular weight excluding hydrogens is 542 g/mol. The molecule has 1 aliphatic rings. The number of amides is 2. The molecule has 0 aliphatic carbocycles. The number of rotatable bonds is 7. The largest absolute Gasteiger partial charge is 0.449 e. The molecule has 4 rings (SSSR count). The van der Waals surface area contributed by atoms with Crippen LogP contribution in [0.4, 0.5) is 10.5 Å². The number of ether oxygens (including phenoxy) is 2. The highest BCUT2D eigenvalue weighted by Crippen LogP contribution is 2.37. The third-order valence-electron chi connectivity index (χ3n) is 6.17. The molecule has 1 saturated heterocycles. The lowest BCUT2D eigenvalue weighted by molar-refractivity contribution is -0.126. The molecule has 0 bridgehead atoms. The molecule has 3 aromatic rings. The number of carbonyl (C=O) groups is 2. The van der Waals surface area contributed by atoms with Crippen LogP contribution < -0.4 is 5.32 Å². The minimum Gasteiger partial charge on any atom is -0.449 e. The Hall–Kier alpha value is -2.75. The summed E-state index contributed by atoms with van der Waals surface area (Å²) < 4.78 is 12.3. The Morgan fingerprint density at radius 2 is 1.78 bits per heavy atom. The highest BCUT2D eigenvalue weighted by atomic mass is 79.9. The van der Waals surface area contributed by atoms with E-state index < -0.39 is 17.4 Å². The van der Waals surface area contributed by atoms with Gasteiger partial charge >= 0.3 is 6.09 Å². The van der Waals surface area contributed by atoms with E-state index in [4.69, 9.17) is 14.5 Å². The Balaban J connectivity index is 1.46. The van der Waals surface area contributed by atoms with E-state index in [1.807, 2.05) is 60.8 Å². The van der Waals surface area contributed by atoms with Crippen LogP contribution in [0.3, 0.4) is 0 Å². The normalized spacial score (nSPS) is 18.8. The molecule has 0 radical (unpaired) electrons. The number of thiazole rings is 1. The first-order chi connectivity index (χ1) is 17.1. The highest BCUT2D eigenvalue weighted by Gasteiger charge is 2.56. The molecule has 9 heteroatoms. The van der Waals surface area contributed by atoms with Crippen LogP contribution in [0.5, 0.6) is 0 Å². The van der Waals surface area contributed by atoms with Gasteiger partial charge in [0.25, 0.3) is 5.91 Å². The second-order valence-electron chi connectivity index (χ2n) is 9.39. The van der Waals surface area contributed by atoms with Gasteiger partial charge in [0.05, 0.1) is 18.9 Å². The Bertz CT molecular complexity index is 1230. The molecule has 1 fully saturated rings. The zero-order chi connectivity index (χ0) is 25.9. The van der Waals surface area contributed by atoms with E-state index >= 15 is 0 Å². The number of hydrogen-bond donors (Lipinski definition) is 1. The fourth-order valence-electron chi connectivity index (χ4n) is 4.12. The van der Waals surface area contributed by atoms with E-state index in [1.54, 1.807) is 32.1 Å². The van der Waals surface area contributed by atoms with Crippen LogP contribution in [-0.4, -0.2) is 46.4 Å². The summed E-state index contributed by atoms with van der Waals surface area (Å²) in [7, 11) is 0. The van der Waals surface area contributed by atoms with Gasteiger partial charge in [-0.1, -0.05) is 53.5 Å². The first kappa shape index (κ1) is 26.3. The molecule has 2 aromatic carbocycles. The minimum absolute atomic E-state index is 0.0739. The van der Waals surface area contributed by atoms with Gasteiger partial charge in [0, 0.05) is 26.7 Å². The average molecular weight is 573 g/mol. The van der Waals surface area contributed by atoms with Crippen molar-refractivity contribution in [3.8, 4) is 21.8 Å². The first-order valence-electron chi connectivity index (χ1n) is 11.9.